The van der Waals surface area contributed by atoms with Crippen LogP contribution in [-0.2, 0) is 11.2 Å². The largest absolute Gasteiger partial charge is 0.383 e. The lowest BCUT2D eigenvalue weighted by Gasteiger charge is -2.02. The Balaban J connectivity index is 2.53. The SMILES string of the molecule is CCOCCc1ncc(Br)c(N)n1. The van der Waals surface area contributed by atoms with Crippen molar-refractivity contribution in [3.8, 4) is 0 Å². The van der Waals surface area contributed by atoms with Crippen molar-refractivity contribution in [1.29, 1.82) is 0 Å². The molecule has 0 radical (unpaired) electrons. The van der Waals surface area contributed by atoms with Crippen LogP contribution in [0.15, 0.2) is 10.7 Å². The van der Waals surface area contributed by atoms with Crippen molar-refractivity contribution in [2.75, 3.05) is 18.9 Å². The van der Waals surface area contributed by atoms with Crippen LogP contribution < -0.4 is 5.73 Å². The van der Waals surface area contributed by atoms with Gasteiger partial charge in [0.1, 0.15) is 11.6 Å². The maximum Gasteiger partial charge on any atom is 0.141 e. The lowest BCUT2D eigenvalue weighted by atomic mass is 10.4. The molecule has 5 heteroatoms. The second-order valence-electron chi connectivity index (χ2n) is 2.47. The van der Waals surface area contributed by atoms with Gasteiger partial charge in [-0.25, -0.2) is 9.97 Å². The van der Waals surface area contributed by atoms with Crippen LogP contribution in [0.3, 0.4) is 0 Å². The zero-order valence-corrected chi connectivity index (χ0v) is 9.04. The van der Waals surface area contributed by atoms with Crippen LogP contribution >= 0.6 is 15.9 Å². The monoisotopic (exact) mass is 245 g/mol. The first-order chi connectivity index (χ1) is 6.24. The van der Waals surface area contributed by atoms with Crippen LogP contribution in [0.1, 0.15) is 12.7 Å². The minimum atomic E-state index is 0.474. The van der Waals surface area contributed by atoms with E-state index in [1.165, 1.54) is 0 Å². The van der Waals surface area contributed by atoms with E-state index in [0.717, 1.165) is 4.47 Å². The van der Waals surface area contributed by atoms with Gasteiger partial charge >= 0.3 is 0 Å². The van der Waals surface area contributed by atoms with Crippen LogP contribution in [0.2, 0.25) is 0 Å². The summed E-state index contributed by atoms with van der Waals surface area (Å²) in [6.45, 7) is 3.31. The first-order valence-electron chi connectivity index (χ1n) is 4.08. The number of anilines is 1. The fourth-order valence-electron chi connectivity index (χ4n) is 0.847. The molecule has 1 aromatic heterocycles. The lowest BCUT2D eigenvalue weighted by Crippen LogP contribution is -2.04. The second-order valence-corrected chi connectivity index (χ2v) is 3.32. The molecule has 1 aromatic rings. The Labute approximate surface area is 85.7 Å². The number of nitrogens with two attached hydrogens (primary N) is 1. The molecule has 0 fully saturated rings. The number of nitrogen functional groups attached to an aromatic ring is 1. The third-order valence-electron chi connectivity index (χ3n) is 1.50. The molecule has 0 atom stereocenters. The molecule has 0 saturated heterocycles. The molecule has 0 aliphatic heterocycles. The fourth-order valence-corrected chi connectivity index (χ4v) is 1.04. The predicted molar refractivity (Wildman–Crippen MR) is 54.3 cm³/mol. The minimum absolute atomic E-state index is 0.474. The number of hydrogen-bond donors (Lipinski definition) is 1. The first kappa shape index (κ1) is 10.4. The molecular formula is C8H12BrN3O. The van der Waals surface area contributed by atoms with Gasteiger partial charge in [0.15, 0.2) is 0 Å². The summed E-state index contributed by atoms with van der Waals surface area (Å²) in [5.74, 6) is 1.19. The van der Waals surface area contributed by atoms with Gasteiger partial charge in [-0.05, 0) is 22.9 Å². The Bertz CT molecular complexity index is 280. The molecule has 1 rings (SSSR count). The van der Waals surface area contributed by atoms with Crippen molar-refractivity contribution in [2.24, 2.45) is 0 Å². The van der Waals surface area contributed by atoms with Gasteiger partial charge in [0.2, 0.25) is 0 Å². The van der Waals surface area contributed by atoms with Crippen LogP contribution in [0.4, 0.5) is 5.82 Å². The van der Waals surface area contributed by atoms with Gasteiger partial charge in [-0.2, -0.15) is 0 Å². The van der Waals surface area contributed by atoms with E-state index in [1.54, 1.807) is 6.20 Å². The topological polar surface area (TPSA) is 61.0 Å². The summed E-state index contributed by atoms with van der Waals surface area (Å²) in [5, 5.41) is 0. The minimum Gasteiger partial charge on any atom is -0.383 e. The Kier molecular flexibility index (Phi) is 4.11. The summed E-state index contributed by atoms with van der Waals surface area (Å²) >= 11 is 3.23. The summed E-state index contributed by atoms with van der Waals surface area (Å²) in [6.07, 6.45) is 2.36. The number of aromatic nitrogens is 2. The van der Waals surface area contributed by atoms with Crippen LogP contribution in [-0.4, -0.2) is 23.2 Å². The molecule has 0 aliphatic carbocycles. The molecule has 4 nitrogen and oxygen atoms in total. The van der Waals surface area contributed by atoms with Gasteiger partial charge in [-0.15, -0.1) is 0 Å². The Hall–Kier alpha value is -0.680. The molecule has 0 spiro atoms. The van der Waals surface area contributed by atoms with Crippen molar-refractivity contribution >= 4 is 21.7 Å². The van der Waals surface area contributed by atoms with Crippen LogP contribution in [0, 0.1) is 0 Å². The molecule has 1 heterocycles. The summed E-state index contributed by atoms with van der Waals surface area (Å²) < 4.78 is 5.90. The van der Waals surface area contributed by atoms with E-state index in [4.69, 9.17) is 10.5 Å². The molecule has 0 aromatic carbocycles. The van der Waals surface area contributed by atoms with E-state index in [-0.39, 0.29) is 0 Å². The number of nitrogens with zero attached hydrogens (tertiary/aromatic N) is 2. The summed E-state index contributed by atoms with van der Waals surface area (Å²) in [7, 11) is 0. The highest BCUT2D eigenvalue weighted by atomic mass is 79.9. The van der Waals surface area contributed by atoms with Crippen molar-refractivity contribution in [1.82, 2.24) is 9.97 Å². The number of rotatable bonds is 4. The maximum absolute atomic E-state index is 5.59. The lowest BCUT2D eigenvalue weighted by molar-refractivity contribution is 0.149. The van der Waals surface area contributed by atoms with Gasteiger partial charge < -0.3 is 10.5 Å². The summed E-state index contributed by atoms with van der Waals surface area (Å²) in [6, 6.07) is 0. The number of halogens is 1. The van der Waals surface area contributed by atoms with E-state index < -0.39 is 0 Å². The van der Waals surface area contributed by atoms with E-state index in [1.807, 2.05) is 6.92 Å². The molecular weight excluding hydrogens is 234 g/mol. The normalized spacial score (nSPS) is 10.3. The van der Waals surface area contributed by atoms with Gasteiger partial charge in [0, 0.05) is 19.2 Å². The van der Waals surface area contributed by atoms with Crippen LogP contribution in [0.25, 0.3) is 0 Å². The van der Waals surface area contributed by atoms with Crippen molar-refractivity contribution < 1.29 is 4.74 Å². The van der Waals surface area contributed by atoms with E-state index in [2.05, 4.69) is 25.9 Å². The fraction of sp³-hybridized carbons (Fsp3) is 0.500. The first-order valence-corrected chi connectivity index (χ1v) is 4.88. The average Bonchev–Trinajstić information content (AvgIpc) is 2.12. The zero-order valence-electron chi connectivity index (χ0n) is 7.46. The third-order valence-corrected chi connectivity index (χ3v) is 2.11. The van der Waals surface area contributed by atoms with Crippen LogP contribution in [0.5, 0.6) is 0 Å². The Morgan fingerprint density at radius 2 is 2.38 bits per heavy atom. The van der Waals surface area contributed by atoms with E-state index in [0.29, 0.717) is 31.3 Å². The highest BCUT2D eigenvalue weighted by Gasteiger charge is 2.00. The van der Waals surface area contributed by atoms with Gasteiger partial charge in [-0.1, -0.05) is 0 Å². The van der Waals surface area contributed by atoms with Crippen molar-refractivity contribution in [3.05, 3.63) is 16.5 Å². The third kappa shape index (κ3) is 3.28. The summed E-state index contributed by atoms with van der Waals surface area (Å²) in [4.78, 5) is 8.18. The van der Waals surface area contributed by atoms with Gasteiger partial charge in [0.25, 0.3) is 0 Å². The standard InChI is InChI=1S/C8H12BrN3O/c1-2-13-4-3-7-11-5-6(9)8(10)12-7/h5H,2-4H2,1H3,(H2,10,11,12). The molecule has 72 valence electrons. The Morgan fingerprint density at radius 1 is 1.62 bits per heavy atom. The molecule has 13 heavy (non-hydrogen) atoms. The summed E-state index contributed by atoms with van der Waals surface area (Å²) in [5.41, 5.74) is 5.59. The van der Waals surface area contributed by atoms with Gasteiger partial charge in [0.05, 0.1) is 11.1 Å². The zero-order chi connectivity index (χ0) is 9.68. The molecule has 0 bridgehead atoms. The molecule has 2 N–H and O–H groups in total. The highest BCUT2D eigenvalue weighted by Crippen LogP contribution is 2.14. The molecule has 0 saturated carbocycles. The van der Waals surface area contributed by atoms with Crippen molar-refractivity contribution in [2.45, 2.75) is 13.3 Å². The maximum atomic E-state index is 5.59. The number of hydrogen-bond acceptors (Lipinski definition) is 4. The van der Waals surface area contributed by atoms with Crippen molar-refractivity contribution in [3.63, 3.8) is 0 Å². The Morgan fingerprint density at radius 3 is 3.00 bits per heavy atom. The average molecular weight is 246 g/mol. The highest BCUT2D eigenvalue weighted by molar-refractivity contribution is 9.10. The van der Waals surface area contributed by atoms with Gasteiger partial charge in [-0.3, -0.25) is 0 Å². The quantitative estimate of drug-likeness (QED) is 0.815. The number of ether oxygens (including phenoxy) is 1. The van der Waals surface area contributed by atoms with E-state index in [9.17, 15) is 0 Å². The smallest absolute Gasteiger partial charge is 0.141 e. The molecule has 0 amide bonds. The molecule has 0 aliphatic rings. The van der Waals surface area contributed by atoms with E-state index >= 15 is 0 Å². The molecule has 0 unspecified atom stereocenters. The predicted octanol–water partition coefficient (Wildman–Crippen LogP) is 1.40. The second kappa shape index (κ2) is 5.14.